The van der Waals surface area contributed by atoms with E-state index in [1.165, 1.54) is 4.90 Å². The highest BCUT2D eigenvalue weighted by Crippen LogP contribution is 2.22. The largest absolute Gasteiger partial charge is 0.415 e. The van der Waals surface area contributed by atoms with Gasteiger partial charge in [-0.15, -0.1) is 10.2 Å². The van der Waals surface area contributed by atoms with Gasteiger partial charge in [0.2, 0.25) is 5.89 Å². The Hall–Kier alpha value is -1.43. The second-order valence-electron chi connectivity index (χ2n) is 4.95. The summed E-state index contributed by atoms with van der Waals surface area (Å²) in [5.74, 6) is 1.18. The molecule has 1 atom stereocenters. The van der Waals surface area contributed by atoms with Crippen LogP contribution in [0.2, 0.25) is 5.02 Å². The number of aromatic nitrogens is 2. The van der Waals surface area contributed by atoms with Gasteiger partial charge < -0.3 is 14.1 Å². The topological polar surface area (TPSA) is 52.6 Å². The maximum absolute atomic E-state index is 5.98. The monoisotopic (exact) mass is 294 g/mol. The van der Waals surface area contributed by atoms with Gasteiger partial charge in [0.1, 0.15) is 13.1 Å². The summed E-state index contributed by atoms with van der Waals surface area (Å²) in [6, 6.07) is 7.61. The molecular weight excluding hydrogens is 278 g/mol. The normalized spacial score (nSPS) is 18.1. The molecule has 2 aromatic rings. The first kappa shape index (κ1) is 13.5. The van der Waals surface area contributed by atoms with Crippen LogP contribution in [-0.4, -0.2) is 36.5 Å². The molecule has 20 heavy (non-hydrogen) atoms. The fraction of sp³-hybridized carbons (Fsp3) is 0.429. The number of ether oxygens (including phenoxy) is 1. The molecule has 0 bridgehead atoms. The molecule has 1 saturated heterocycles. The summed E-state index contributed by atoms with van der Waals surface area (Å²) in [7, 11) is 0. The predicted octanol–water partition coefficient (Wildman–Crippen LogP) is 1.37. The molecule has 1 aliphatic heterocycles. The van der Waals surface area contributed by atoms with E-state index < -0.39 is 0 Å². The van der Waals surface area contributed by atoms with Gasteiger partial charge in [0.15, 0.2) is 6.04 Å². The molecule has 1 aromatic carbocycles. The molecule has 6 heteroatoms. The van der Waals surface area contributed by atoms with Crippen molar-refractivity contribution in [2.24, 2.45) is 0 Å². The van der Waals surface area contributed by atoms with Crippen LogP contribution in [0.4, 0.5) is 0 Å². The van der Waals surface area contributed by atoms with Gasteiger partial charge in [-0.25, -0.2) is 0 Å². The number of halogens is 1. The summed E-state index contributed by atoms with van der Waals surface area (Å²) in [5.41, 5.74) is 0.848. The number of morpholine rings is 1. The predicted molar refractivity (Wildman–Crippen MR) is 74.7 cm³/mol. The molecule has 0 radical (unpaired) electrons. The minimum atomic E-state index is 0.180. The van der Waals surface area contributed by atoms with E-state index in [1.54, 1.807) is 0 Å². The van der Waals surface area contributed by atoms with Crippen LogP contribution in [0.1, 0.15) is 18.9 Å². The average molecular weight is 295 g/mol. The van der Waals surface area contributed by atoms with E-state index in [-0.39, 0.29) is 6.04 Å². The lowest BCUT2D eigenvalue weighted by Gasteiger charge is -2.27. The molecule has 0 aliphatic carbocycles. The van der Waals surface area contributed by atoms with E-state index in [2.05, 4.69) is 17.1 Å². The Balaban J connectivity index is 1.79. The number of rotatable bonds is 3. The van der Waals surface area contributed by atoms with Crippen LogP contribution in [-0.2, 0) is 4.74 Å². The maximum Gasteiger partial charge on any atom is 0.274 e. The van der Waals surface area contributed by atoms with E-state index >= 15 is 0 Å². The lowest BCUT2D eigenvalue weighted by atomic mass is 10.2. The fourth-order valence-corrected chi connectivity index (χ4v) is 2.58. The molecule has 1 aromatic heterocycles. The summed E-state index contributed by atoms with van der Waals surface area (Å²) < 4.78 is 11.2. The van der Waals surface area contributed by atoms with Gasteiger partial charge in [-0.2, -0.15) is 0 Å². The Morgan fingerprint density at radius 2 is 2.05 bits per heavy atom. The summed E-state index contributed by atoms with van der Waals surface area (Å²) >= 11 is 5.98. The fourth-order valence-electron chi connectivity index (χ4n) is 2.39. The van der Waals surface area contributed by atoms with Gasteiger partial charge >= 0.3 is 0 Å². The maximum atomic E-state index is 5.98. The Labute approximate surface area is 122 Å². The quantitative estimate of drug-likeness (QED) is 0.929. The van der Waals surface area contributed by atoms with Crippen LogP contribution >= 0.6 is 11.6 Å². The van der Waals surface area contributed by atoms with Gasteiger partial charge in [-0.3, -0.25) is 0 Å². The Morgan fingerprint density at radius 3 is 2.80 bits per heavy atom. The van der Waals surface area contributed by atoms with Gasteiger partial charge in [0.05, 0.1) is 13.2 Å². The Bertz CT molecular complexity index is 581. The van der Waals surface area contributed by atoms with Crippen molar-refractivity contribution in [3.05, 3.63) is 35.2 Å². The number of hydrogen-bond donors (Lipinski definition) is 1. The van der Waals surface area contributed by atoms with Crippen molar-refractivity contribution in [1.29, 1.82) is 0 Å². The summed E-state index contributed by atoms with van der Waals surface area (Å²) in [4.78, 5) is 1.41. The van der Waals surface area contributed by atoms with E-state index in [1.807, 2.05) is 24.3 Å². The minimum absolute atomic E-state index is 0.180. The van der Waals surface area contributed by atoms with E-state index in [0.29, 0.717) is 16.8 Å². The number of benzene rings is 1. The van der Waals surface area contributed by atoms with Crippen LogP contribution in [0.25, 0.3) is 11.5 Å². The van der Waals surface area contributed by atoms with Crippen LogP contribution < -0.4 is 4.90 Å². The third-order valence-electron chi connectivity index (χ3n) is 3.63. The van der Waals surface area contributed by atoms with Crippen molar-refractivity contribution in [1.82, 2.24) is 10.2 Å². The van der Waals surface area contributed by atoms with Crippen molar-refractivity contribution < 1.29 is 14.1 Å². The summed E-state index contributed by atoms with van der Waals surface area (Å²) in [6.07, 6.45) is 0. The van der Waals surface area contributed by atoms with Gasteiger partial charge in [0.25, 0.3) is 5.89 Å². The Kier molecular flexibility index (Phi) is 4.00. The molecular formula is C14H17ClN3O2+. The van der Waals surface area contributed by atoms with E-state index in [9.17, 15) is 0 Å². The number of nitrogens with zero attached hydrogens (tertiary/aromatic N) is 2. The van der Waals surface area contributed by atoms with Crippen LogP contribution in [0.15, 0.2) is 28.7 Å². The third kappa shape index (κ3) is 2.85. The lowest BCUT2D eigenvalue weighted by molar-refractivity contribution is -0.938. The molecule has 106 valence electrons. The zero-order valence-corrected chi connectivity index (χ0v) is 12.1. The first-order valence-electron chi connectivity index (χ1n) is 6.75. The van der Waals surface area contributed by atoms with Gasteiger partial charge in [-0.1, -0.05) is 17.7 Å². The molecule has 0 unspecified atom stereocenters. The van der Waals surface area contributed by atoms with Crippen molar-refractivity contribution in [3.63, 3.8) is 0 Å². The highest BCUT2D eigenvalue weighted by Gasteiger charge is 2.27. The van der Waals surface area contributed by atoms with Crippen LogP contribution in [0.5, 0.6) is 0 Å². The molecule has 2 heterocycles. The lowest BCUT2D eigenvalue weighted by Crippen LogP contribution is -3.14. The first-order valence-corrected chi connectivity index (χ1v) is 7.13. The smallest absolute Gasteiger partial charge is 0.274 e. The van der Waals surface area contributed by atoms with Crippen molar-refractivity contribution in [2.75, 3.05) is 26.3 Å². The first-order chi connectivity index (χ1) is 9.74. The number of nitrogens with one attached hydrogen (secondary N) is 1. The van der Waals surface area contributed by atoms with E-state index in [0.717, 1.165) is 31.9 Å². The standard InChI is InChI=1S/C14H16ClN3O2/c1-10(18-5-7-19-8-6-18)13-16-17-14(20-13)11-3-2-4-12(15)9-11/h2-4,9-10H,5-8H2,1H3/p+1/t10-/m0/s1. The molecule has 0 saturated carbocycles. The van der Waals surface area contributed by atoms with Crippen molar-refractivity contribution >= 4 is 11.6 Å². The van der Waals surface area contributed by atoms with Gasteiger partial charge in [-0.05, 0) is 25.1 Å². The highest BCUT2D eigenvalue weighted by molar-refractivity contribution is 6.30. The highest BCUT2D eigenvalue weighted by atomic mass is 35.5. The number of quaternary nitrogens is 1. The van der Waals surface area contributed by atoms with E-state index in [4.69, 9.17) is 20.8 Å². The molecule has 1 fully saturated rings. The average Bonchev–Trinajstić information content (AvgIpc) is 2.97. The van der Waals surface area contributed by atoms with Crippen LogP contribution in [0, 0.1) is 0 Å². The molecule has 1 N–H and O–H groups in total. The SMILES string of the molecule is C[C@@H](c1nnc(-c2cccc(Cl)c2)o1)[NH+]1CCOCC1. The molecule has 0 amide bonds. The zero-order valence-electron chi connectivity index (χ0n) is 11.3. The van der Waals surface area contributed by atoms with Crippen molar-refractivity contribution in [3.8, 4) is 11.5 Å². The number of hydrogen-bond acceptors (Lipinski definition) is 4. The third-order valence-corrected chi connectivity index (χ3v) is 3.87. The minimum Gasteiger partial charge on any atom is -0.415 e. The molecule has 5 nitrogen and oxygen atoms in total. The molecule has 1 aliphatic rings. The summed E-state index contributed by atoms with van der Waals surface area (Å²) in [6.45, 7) is 5.62. The van der Waals surface area contributed by atoms with Gasteiger partial charge in [0, 0.05) is 10.6 Å². The second-order valence-corrected chi connectivity index (χ2v) is 5.38. The zero-order chi connectivity index (χ0) is 13.9. The molecule has 3 rings (SSSR count). The molecule has 0 spiro atoms. The second kappa shape index (κ2) is 5.91. The van der Waals surface area contributed by atoms with Crippen molar-refractivity contribution in [2.45, 2.75) is 13.0 Å². The van der Waals surface area contributed by atoms with Crippen LogP contribution in [0.3, 0.4) is 0 Å². The summed E-state index contributed by atoms with van der Waals surface area (Å²) in [5, 5.41) is 8.96. The Morgan fingerprint density at radius 1 is 1.25 bits per heavy atom.